The number of hydrogen-bond acceptors (Lipinski definition) is 5. The number of benzene rings is 9. The van der Waals surface area contributed by atoms with Crippen molar-refractivity contribution in [3.05, 3.63) is 206 Å². The molecule has 272 valence electrons. The Labute approximate surface area is 335 Å². The summed E-state index contributed by atoms with van der Waals surface area (Å²) in [5, 5.41) is 6.54. The second kappa shape index (κ2) is 14.0. The Balaban J connectivity index is 1.07. The van der Waals surface area contributed by atoms with Crippen molar-refractivity contribution >= 4 is 60.5 Å². The minimum absolute atomic E-state index is 0.588. The molecule has 9 aromatic carbocycles. The van der Waals surface area contributed by atoms with E-state index in [9.17, 15) is 0 Å². The number of fused-ring (bicyclic) bond motifs is 5. The summed E-state index contributed by atoms with van der Waals surface area (Å²) in [6.07, 6.45) is 0. The van der Waals surface area contributed by atoms with Gasteiger partial charge < -0.3 is 9.32 Å². The molecule has 0 spiro atoms. The number of nitrogens with zero attached hydrogens (tertiary/aromatic N) is 4. The highest BCUT2D eigenvalue weighted by Gasteiger charge is 2.21. The van der Waals surface area contributed by atoms with Gasteiger partial charge in [-0.2, -0.15) is 0 Å². The van der Waals surface area contributed by atoms with Crippen molar-refractivity contribution in [1.82, 2.24) is 15.0 Å². The van der Waals surface area contributed by atoms with Crippen LogP contribution in [0.2, 0.25) is 0 Å². The van der Waals surface area contributed by atoms with Crippen molar-refractivity contribution in [3.63, 3.8) is 0 Å². The largest absolute Gasteiger partial charge is 0.456 e. The quantitative estimate of drug-likeness (QED) is 0.163. The number of furan rings is 1. The van der Waals surface area contributed by atoms with Crippen molar-refractivity contribution in [1.29, 1.82) is 0 Å². The molecule has 2 aromatic heterocycles. The fourth-order valence-electron chi connectivity index (χ4n) is 8.09. The van der Waals surface area contributed by atoms with E-state index >= 15 is 0 Å². The first-order valence-corrected chi connectivity index (χ1v) is 19.4. The molecule has 0 N–H and O–H groups in total. The van der Waals surface area contributed by atoms with Gasteiger partial charge in [0.25, 0.3) is 0 Å². The monoisotopic (exact) mass is 742 g/mol. The molecule has 0 saturated heterocycles. The Morgan fingerprint density at radius 2 is 0.897 bits per heavy atom. The van der Waals surface area contributed by atoms with E-state index < -0.39 is 0 Å². The fraction of sp³-hybridized carbons (Fsp3) is 0. The summed E-state index contributed by atoms with van der Waals surface area (Å²) in [6.45, 7) is 0. The van der Waals surface area contributed by atoms with Crippen LogP contribution in [0, 0.1) is 0 Å². The molecule has 58 heavy (non-hydrogen) atoms. The van der Waals surface area contributed by atoms with Gasteiger partial charge in [-0.1, -0.05) is 158 Å². The first-order valence-electron chi connectivity index (χ1n) is 19.4. The zero-order chi connectivity index (χ0) is 38.4. The molecule has 2 heterocycles. The van der Waals surface area contributed by atoms with Crippen LogP contribution in [0.25, 0.3) is 88.8 Å². The van der Waals surface area contributed by atoms with Crippen LogP contribution in [0.1, 0.15) is 0 Å². The molecule has 0 atom stereocenters. The van der Waals surface area contributed by atoms with Gasteiger partial charge in [-0.05, 0) is 75.1 Å². The summed E-state index contributed by atoms with van der Waals surface area (Å²) in [7, 11) is 0. The normalized spacial score (nSPS) is 11.4. The fourth-order valence-corrected chi connectivity index (χ4v) is 8.09. The van der Waals surface area contributed by atoms with Crippen molar-refractivity contribution < 1.29 is 4.42 Å². The van der Waals surface area contributed by atoms with E-state index in [1.165, 1.54) is 21.9 Å². The van der Waals surface area contributed by atoms with Gasteiger partial charge in [0.15, 0.2) is 17.5 Å². The number of hydrogen-bond donors (Lipinski definition) is 0. The van der Waals surface area contributed by atoms with Crippen molar-refractivity contribution in [2.75, 3.05) is 4.90 Å². The highest BCUT2D eigenvalue weighted by molar-refractivity contribution is 6.12. The zero-order valence-electron chi connectivity index (χ0n) is 31.3. The van der Waals surface area contributed by atoms with E-state index in [0.717, 1.165) is 66.5 Å². The Kier molecular flexibility index (Phi) is 8.07. The molecular weight excluding hydrogens is 709 g/mol. The molecular formula is C53H34N4O. The van der Waals surface area contributed by atoms with E-state index in [2.05, 4.69) is 163 Å². The Hall–Kier alpha value is -7.89. The van der Waals surface area contributed by atoms with Gasteiger partial charge in [0.2, 0.25) is 0 Å². The standard InChI is InChI=1S/C53H34N4O/c1-3-13-35(14-4-1)37-25-28-41(29-26-37)57(42-30-27-36-15-7-8-19-40(36)33-42)43-31-32-46-49(34-43)58-48-24-12-23-47(50(46)48)53-55-51(39-17-5-2-6-18-39)54-52(56-53)45-22-11-20-38-16-9-10-21-44(38)45/h1-34H. The van der Waals surface area contributed by atoms with Crippen LogP contribution in [0.15, 0.2) is 211 Å². The predicted octanol–water partition coefficient (Wildman–Crippen LogP) is 14.2. The first-order chi connectivity index (χ1) is 28.7. The van der Waals surface area contributed by atoms with Crippen molar-refractivity contribution in [2.45, 2.75) is 0 Å². The molecule has 0 aliphatic carbocycles. The number of anilines is 3. The van der Waals surface area contributed by atoms with Gasteiger partial charge in [0.1, 0.15) is 11.2 Å². The number of rotatable bonds is 7. The van der Waals surface area contributed by atoms with Crippen LogP contribution in [0.5, 0.6) is 0 Å². The average molecular weight is 743 g/mol. The van der Waals surface area contributed by atoms with Crippen LogP contribution >= 0.6 is 0 Å². The molecule has 11 aromatic rings. The Bertz CT molecular complexity index is 3280. The van der Waals surface area contributed by atoms with Crippen LogP contribution < -0.4 is 4.90 Å². The maximum absolute atomic E-state index is 6.71. The molecule has 5 heteroatoms. The second-order valence-corrected chi connectivity index (χ2v) is 14.4. The first kappa shape index (κ1) is 33.4. The van der Waals surface area contributed by atoms with Crippen molar-refractivity contribution in [3.8, 4) is 45.3 Å². The van der Waals surface area contributed by atoms with Gasteiger partial charge in [0.05, 0.1) is 0 Å². The summed E-state index contributed by atoms with van der Waals surface area (Å²) < 4.78 is 6.71. The van der Waals surface area contributed by atoms with E-state index in [0.29, 0.717) is 17.5 Å². The maximum Gasteiger partial charge on any atom is 0.164 e. The summed E-state index contributed by atoms with van der Waals surface area (Å²) in [5.74, 6) is 1.83. The molecule has 5 nitrogen and oxygen atoms in total. The number of aromatic nitrogens is 3. The third kappa shape index (κ3) is 5.94. The SMILES string of the molecule is c1ccc(-c2ccc(N(c3ccc4ccccc4c3)c3ccc4c(c3)oc3cccc(-c5nc(-c6ccccc6)nc(-c6cccc7ccccc67)n5)c34)cc2)cc1. The minimum atomic E-state index is 0.588. The average Bonchev–Trinajstić information content (AvgIpc) is 3.68. The summed E-state index contributed by atoms with van der Waals surface area (Å²) >= 11 is 0. The minimum Gasteiger partial charge on any atom is -0.456 e. The van der Waals surface area contributed by atoms with Gasteiger partial charge >= 0.3 is 0 Å². The molecule has 0 fully saturated rings. The smallest absolute Gasteiger partial charge is 0.164 e. The van der Waals surface area contributed by atoms with Crippen LogP contribution in [0.4, 0.5) is 17.1 Å². The second-order valence-electron chi connectivity index (χ2n) is 14.4. The maximum atomic E-state index is 6.71. The van der Waals surface area contributed by atoms with Gasteiger partial charge in [-0.25, -0.2) is 15.0 Å². The topological polar surface area (TPSA) is 55.1 Å². The highest BCUT2D eigenvalue weighted by Crippen LogP contribution is 2.42. The lowest BCUT2D eigenvalue weighted by Gasteiger charge is -2.26. The summed E-state index contributed by atoms with van der Waals surface area (Å²) in [6, 6.07) is 71.7. The van der Waals surface area contributed by atoms with Gasteiger partial charge in [-0.15, -0.1) is 0 Å². The molecule has 0 aliphatic heterocycles. The Morgan fingerprint density at radius 1 is 0.328 bits per heavy atom. The molecule has 0 saturated carbocycles. The predicted molar refractivity (Wildman–Crippen MR) is 239 cm³/mol. The molecule has 0 radical (unpaired) electrons. The van der Waals surface area contributed by atoms with Crippen LogP contribution in [-0.4, -0.2) is 15.0 Å². The van der Waals surface area contributed by atoms with E-state index in [-0.39, 0.29) is 0 Å². The lowest BCUT2D eigenvalue weighted by atomic mass is 10.0. The van der Waals surface area contributed by atoms with Gasteiger partial charge in [-0.3, -0.25) is 0 Å². The van der Waals surface area contributed by atoms with Crippen molar-refractivity contribution in [2.24, 2.45) is 0 Å². The molecule has 0 aliphatic rings. The lowest BCUT2D eigenvalue weighted by Crippen LogP contribution is -2.09. The molecule has 0 amide bonds. The summed E-state index contributed by atoms with van der Waals surface area (Å²) in [5.41, 5.74) is 9.75. The highest BCUT2D eigenvalue weighted by atomic mass is 16.3. The molecule has 11 rings (SSSR count). The van der Waals surface area contributed by atoms with E-state index in [4.69, 9.17) is 19.4 Å². The Morgan fingerprint density at radius 3 is 1.71 bits per heavy atom. The third-order valence-electron chi connectivity index (χ3n) is 10.9. The third-order valence-corrected chi connectivity index (χ3v) is 10.9. The lowest BCUT2D eigenvalue weighted by molar-refractivity contribution is 0.669. The van der Waals surface area contributed by atoms with E-state index in [1.807, 2.05) is 48.5 Å². The van der Waals surface area contributed by atoms with Gasteiger partial charge in [0, 0.05) is 50.6 Å². The van der Waals surface area contributed by atoms with Crippen LogP contribution in [-0.2, 0) is 0 Å². The van der Waals surface area contributed by atoms with E-state index in [1.54, 1.807) is 0 Å². The van der Waals surface area contributed by atoms with Crippen LogP contribution in [0.3, 0.4) is 0 Å². The zero-order valence-corrected chi connectivity index (χ0v) is 31.3. The summed E-state index contributed by atoms with van der Waals surface area (Å²) in [4.78, 5) is 17.7. The molecule has 0 unspecified atom stereocenters. The molecule has 0 bridgehead atoms.